The van der Waals surface area contributed by atoms with E-state index in [0.29, 0.717) is 22.0 Å². The lowest BCUT2D eigenvalue weighted by Crippen LogP contribution is -2.30. The van der Waals surface area contributed by atoms with Gasteiger partial charge in [-0.1, -0.05) is 66.2 Å². The smallest absolute Gasteiger partial charge is 0.275 e. The van der Waals surface area contributed by atoms with E-state index in [-0.39, 0.29) is 33.6 Å². The Kier molecular flexibility index (Phi) is 5.30. The van der Waals surface area contributed by atoms with Crippen molar-refractivity contribution in [3.05, 3.63) is 128 Å². The topological polar surface area (TPSA) is 92.2 Å². The second-order valence-corrected chi connectivity index (χ2v) is 8.51. The second-order valence-electron chi connectivity index (χ2n) is 8.08. The summed E-state index contributed by atoms with van der Waals surface area (Å²) in [6, 6.07) is 22.1. The number of hydrogen-bond donors (Lipinski definition) is 2. The highest BCUT2D eigenvalue weighted by atomic mass is 35.5. The summed E-state index contributed by atoms with van der Waals surface area (Å²) in [4.78, 5) is 40.0. The van der Waals surface area contributed by atoms with Gasteiger partial charge < -0.3 is 5.11 Å². The first kappa shape index (κ1) is 21.7. The summed E-state index contributed by atoms with van der Waals surface area (Å²) in [5.74, 6) is -2.87. The summed E-state index contributed by atoms with van der Waals surface area (Å²) < 4.78 is 1.38. The Balaban J connectivity index is 1.81. The van der Waals surface area contributed by atoms with Gasteiger partial charge in [0.25, 0.3) is 5.56 Å². The number of benzene rings is 3. The van der Waals surface area contributed by atoms with E-state index >= 15 is 0 Å². The van der Waals surface area contributed by atoms with Crippen molar-refractivity contribution in [1.29, 1.82) is 0 Å². The summed E-state index contributed by atoms with van der Waals surface area (Å²) >= 11 is 6.09. The van der Waals surface area contributed by atoms with Crippen molar-refractivity contribution in [1.82, 2.24) is 9.78 Å². The molecule has 0 saturated heterocycles. The Bertz CT molecular complexity index is 1530. The Morgan fingerprint density at radius 3 is 2.12 bits per heavy atom. The maximum absolute atomic E-state index is 13.7. The molecular formula is C27H19ClN2O4. The SMILES string of the molecule is Cc1[nH]n(-c2ccccc2)c(=O)c1C(C1=C(O)c2ccccc2C(=O)C1=O)c1ccc(Cl)cc1. The minimum atomic E-state index is -0.990. The number of halogens is 1. The molecule has 1 unspecified atom stereocenters. The van der Waals surface area contributed by atoms with Crippen molar-refractivity contribution in [2.75, 3.05) is 0 Å². The Hall–Kier alpha value is -4.16. The third-order valence-electron chi connectivity index (χ3n) is 6.04. The molecule has 168 valence electrons. The largest absolute Gasteiger partial charge is 0.507 e. The first-order valence-electron chi connectivity index (χ1n) is 10.6. The van der Waals surface area contributed by atoms with Gasteiger partial charge in [-0.2, -0.15) is 0 Å². The first-order valence-corrected chi connectivity index (χ1v) is 11.0. The van der Waals surface area contributed by atoms with Gasteiger partial charge in [0.05, 0.1) is 16.8 Å². The zero-order valence-electron chi connectivity index (χ0n) is 18.1. The number of H-pyrrole nitrogens is 1. The Labute approximate surface area is 199 Å². The molecule has 0 bridgehead atoms. The van der Waals surface area contributed by atoms with Crippen LogP contribution in [0.4, 0.5) is 0 Å². The van der Waals surface area contributed by atoms with Crippen molar-refractivity contribution in [3.63, 3.8) is 0 Å². The number of aliphatic hydroxyl groups is 1. The lowest BCUT2D eigenvalue weighted by atomic mass is 9.76. The van der Waals surface area contributed by atoms with Crippen molar-refractivity contribution in [2.45, 2.75) is 12.8 Å². The summed E-state index contributed by atoms with van der Waals surface area (Å²) in [7, 11) is 0. The van der Waals surface area contributed by atoms with Crippen LogP contribution in [0, 0.1) is 6.92 Å². The van der Waals surface area contributed by atoms with Gasteiger partial charge in [-0.05, 0) is 36.8 Å². The third kappa shape index (κ3) is 3.40. The number of ketones is 2. The number of hydrogen-bond acceptors (Lipinski definition) is 4. The lowest BCUT2D eigenvalue weighted by Gasteiger charge is -2.24. The minimum Gasteiger partial charge on any atom is -0.507 e. The number of carbonyl (C=O) groups excluding carboxylic acids is 2. The number of allylic oxidation sites excluding steroid dienone is 1. The van der Waals surface area contributed by atoms with Crippen LogP contribution < -0.4 is 5.56 Å². The number of Topliss-reactive ketones (excluding diaryl/α,β-unsaturated/α-hetero) is 2. The predicted octanol–water partition coefficient (Wildman–Crippen LogP) is 4.99. The fourth-order valence-electron chi connectivity index (χ4n) is 4.44. The van der Waals surface area contributed by atoms with Crippen molar-refractivity contribution >= 4 is 28.9 Å². The van der Waals surface area contributed by atoms with Crippen molar-refractivity contribution in [3.8, 4) is 5.69 Å². The number of para-hydroxylation sites is 1. The molecule has 7 heteroatoms. The van der Waals surface area contributed by atoms with Gasteiger partial charge in [-0.3, -0.25) is 19.5 Å². The summed E-state index contributed by atoms with van der Waals surface area (Å²) in [5.41, 5.74) is 1.81. The highest BCUT2D eigenvalue weighted by molar-refractivity contribution is 6.52. The van der Waals surface area contributed by atoms with Crippen LogP contribution in [0.25, 0.3) is 11.4 Å². The highest BCUT2D eigenvalue weighted by Crippen LogP contribution is 2.40. The van der Waals surface area contributed by atoms with Crippen LogP contribution in [0.3, 0.4) is 0 Å². The number of carbonyl (C=O) groups is 2. The van der Waals surface area contributed by atoms with E-state index in [0.717, 1.165) is 0 Å². The fourth-order valence-corrected chi connectivity index (χ4v) is 4.57. The molecule has 0 amide bonds. The number of aromatic nitrogens is 2. The molecule has 3 aromatic carbocycles. The predicted molar refractivity (Wildman–Crippen MR) is 130 cm³/mol. The average Bonchev–Trinajstić information content (AvgIpc) is 3.15. The maximum Gasteiger partial charge on any atom is 0.275 e. The molecule has 2 N–H and O–H groups in total. The molecule has 1 heterocycles. The Morgan fingerprint density at radius 1 is 0.824 bits per heavy atom. The molecule has 34 heavy (non-hydrogen) atoms. The van der Waals surface area contributed by atoms with Crippen molar-refractivity contribution in [2.24, 2.45) is 0 Å². The number of nitrogens with zero attached hydrogens (tertiary/aromatic N) is 1. The number of aromatic amines is 1. The molecule has 4 aromatic rings. The van der Waals surface area contributed by atoms with E-state index in [1.165, 1.54) is 10.7 Å². The zero-order chi connectivity index (χ0) is 24.0. The quantitative estimate of drug-likeness (QED) is 0.411. The molecule has 0 saturated carbocycles. The minimum absolute atomic E-state index is 0.134. The molecule has 0 fully saturated rings. The van der Waals surface area contributed by atoms with Gasteiger partial charge in [-0.25, -0.2) is 4.68 Å². The zero-order valence-corrected chi connectivity index (χ0v) is 18.8. The van der Waals surface area contributed by atoms with Gasteiger partial charge in [-0.15, -0.1) is 0 Å². The van der Waals surface area contributed by atoms with Crippen LogP contribution in [0.2, 0.25) is 5.02 Å². The van der Waals surface area contributed by atoms with E-state index in [1.54, 1.807) is 61.5 Å². The molecule has 1 aliphatic rings. The highest BCUT2D eigenvalue weighted by Gasteiger charge is 2.40. The van der Waals surface area contributed by atoms with Crippen LogP contribution in [0.1, 0.15) is 38.7 Å². The molecule has 5 rings (SSSR count). The summed E-state index contributed by atoms with van der Waals surface area (Å²) in [6.07, 6.45) is 0. The molecule has 0 aliphatic heterocycles. The molecule has 0 radical (unpaired) electrons. The maximum atomic E-state index is 13.7. The molecule has 0 spiro atoms. The summed E-state index contributed by atoms with van der Waals surface area (Å²) in [6.45, 7) is 1.72. The number of rotatable bonds is 4. The third-order valence-corrected chi connectivity index (χ3v) is 6.30. The van der Waals surface area contributed by atoms with Gasteiger partial charge >= 0.3 is 0 Å². The van der Waals surface area contributed by atoms with E-state index in [1.807, 2.05) is 18.2 Å². The number of nitrogens with one attached hydrogen (secondary N) is 1. The first-order chi connectivity index (χ1) is 16.4. The van der Waals surface area contributed by atoms with Crippen molar-refractivity contribution < 1.29 is 14.7 Å². The van der Waals surface area contributed by atoms with E-state index in [9.17, 15) is 19.5 Å². The number of fused-ring (bicyclic) bond motifs is 1. The van der Waals surface area contributed by atoms with Gasteiger partial charge in [0, 0.05) is 27.8 Å². The normalized spacial score (nSPS) is 14.3. The van der Waals surface area contributed by atoms with E-state index < -0.39 is 17.5 Å². The molecule has 1 aromatic heterocycles. The molecule has 1 atom stereocenters. The molecule has 1 aliphatic carbocycles. The summed E-state index contributed by atoms with van der Waals surface area (Å²) in [5, 5.41) is 14.8. The second kappa shape index (κ2) is 8.32. The van der Waals surface area contributed by atoms with E-state index in [2.05, 4.69) is 5.10 Å². The lowest BCUT2D eigenvalue weighted by molar-refractivity contribution is -0.112. The number of aliphatic hydroxyl groups excluding tert-OH is 1. The van der Waals surface area contributed by atoms with Gasteiger partial charge in [0.2, 0.25) is 11.6 Å². The van der Waals surface area contributed by atoms with Gasteiger partial charge in [0.1, 0.15) is 5.76 Å². The van der Waals surface area contributed by atoms with E-state index in [4.69, 9.17) is 11.6 Å². The average molecular weight is 471 g/mol. The molecular weight excluding hydrogens is 452 g/mol. The Morgan fingerprint density at radius 2 is 1.44 bits per heavy atom. The van der Waals surface area contributed by atoms with Crippen LogP contribution in [0.15, 0.2) is 89.2 Å². The van der Waals surface area contributed by atoms with Crippen LogP contribution in [-0.2, 0) is 4.79 Å². The van der Waals surface area contributed by atoms with Gasteiger partial charge in [0.15, 0.2) is 0 Å². The number of aryl methyl sites for hydroxylation is 1. The molecule has 6 nitrogen and oxygen atoms in total. The standard InChI is InChI=1S/C27H19ClN2O4/c1-15-21(27(34)30(29-15)18-7-3-2-4-8-18)22(16-11-13-17(28)14-12-16)23-24(31)19-9-5-6-10-20(19)25(32)26(23)33/h2-14,22,29,31H,1H3. The van der Waals surface area contributed by atoms with Crippen LogP contribution >= 0.6 is 11.6 Å². The van der Waals surface area contributed by atoms with Crippen LogP contribution in [0.5, 0.6) is 0 Å². The monoisotopic (exact) mass is 470 g/mol. The van der Waals surface area contributed by atoms with Crippen LogP contribution in [-0.4, -0.2) is 26.5 Å². The fraction of sp³-hybridized carbons (Fsp3) is 0.0741.